The highest BCUT2D eigenvalue weighted by atomic mass is 16.5. The molecule has 3 rings (SSSR count). The molecule has 0 fully saturated rings. The largest absolute Gasteiger partial charge is 0.497 e. The number of carbonyl (C=O) groups excluding carboxylic acids is 1. The van der Waals surface area contributed by atoms with Crippen LogP contribution in [0.25, 0.3) is 5.69 Å². The van der Waals surface area contributed by atoms with E-state index in [1.807, 2.05) is 54.6 Å². The molecule has 1 amide bonds. The van der Waals surface area contributed by atoms with Crippen molar-refractivity contribution in [2.75, 3.05) is 7.11 Å². The third kappa shape index (κ3) is 3.58. The van der Waals surface area contributed by atoms with Gasteiger partial charge in [0, 0.05) is 18.4 Å². The average molecular weight is 307 g/mol. The number of nitrogens with one attached hydrogen (secondary N) is 1. The van der Waals surface area contributed by atoms with E-state index in [9.17, 15) is 4.79 Å². The molecule has 2 aromatic carbocycles. The molecule has 0 atom stereocenters. The maximum Gasteiger partial charge on any atom is 0.271 e. The molecule has 23 heavy (non-hydrogen) atoms. The molecule has 0 aliphatic rings. The lowest BCUT2D eigenvalue weighted by Crippen LogP contribution is -2.23. The van der Waals surface area contributed by atoms with Gasteiger partial charge in [0.05, 0.1) is 7.11 Å². The summed E-state index contributed by atoms with van der Waals surface area (Å²) in [4.78, 5) is 16.3. The van der Waals surface area contributed by atoms with Gasteiger partial charge in [-0.1, -0.05) is 30.3 Å². The number of hydrogen-bond donors (Lipinski definition) is 1. The van der Waals surface area contributed by atoms with Crippen LogP contribution in [0.3, 0.4) is 0 Å². The van der Waals surface area contributed by atoms with E-state index in [-0.39, 0.29) is 5.91 Å². The number of ether oxygens (including phenoxy) is 1. The highest BCUT2D eigenvalue weighted by molar-refractivity contribution is 5.92. The molecule has 1 aromatic heterocycles. The predicted molar refractivity (Wildman–Crippen MR) is 87.7 cm³/mol. The number of benzene rings is 2. The second-order valence-corrected chi connectivity index (χ2v) is 5.03. The van der Waals surface area contributed by atoms with Crippen LogP contribution in [0.5, 0.6) is 5.75 Å². The summed E-state index contributed by atoms with van der Waals surface area (Å²) >= 11 is 0. The highest BCUT2D eigenvalue weighted by Gasteiger charge is 2.09. The summed E-state index contributed by atoms with van der Waals surface area (Å²) in [6.07, 6.45) is 3.33. The van der Waals surface area contributed by atoms with Crippen molar-refractivity contribution in [1.82, 2.24) is 14.9 Å². The third-order valence-electron chi connectivity index (χ3n) is 3.48. The van der Waals surface area contributed by atoms with Gasteiger partial charge < -0.3 is 14.6 Å². The number of nitrogens with zero attached hydrogens (tertiary/aromatic N) is 2. The molecular formula is C18H17N3O2. The van der Waals surface area contributed by atoms with Gasteiger partial charge in [0.1, 0.15) is 17.8 Å². The summed E-state index contributed by atoms with van der Waals surface area (Å²) in [5, 5.41) is 2.86. The Morgan fingerprint density at radius 1 is 1.13 bits per heavy atom. The SMILES string of the molecule is COc1ccc(-n2cnc(C(=O)NCc3ccccc3)c2)cc1. The first-order chi connectivity index (χ1) is 11.3. The van der Waals surface area contributed by atoms with Gasteiger partial charge in [-0.2, -0.15) is 0 Å². The predicted octanol–water partition coefficient (Wildman–Crippen LogP) is 2.81. The average Bonchev–Trinajstić information content (AvgIpc) is 3.11. The fraction of sp³-hybridized carbons (Fsp3) is 0.111. The molecule has 0 saturated carbocycles. The zero-order valence-electron chi connectivity index (χ0n) is 12.8. The number of amides is 1. The molecule has 3 aromatic rings. The Labute approximate surface area is 134 Å². The summed E-state index contributed by atoms with van der Waals surface area (Å²) in [6.45, 7) is 0.481. The molecule has 0 radical (unpaired) electrons. The van der Waals surface area contributed by atoms with Gasteiger partial charge in [0.15, 0.2) is 0 Å². The second-order valence-electron chi connectivity index (χ2n) is 5.03. The van der Waals surface area contributed by atoms with Crippen LogP contribution < -0.4 is 10.1 Å². The molecule has 5 heteroatoms. The first kappa shape index (κ1) is 14.8. The molecule has 0 saturated heterocycles. The van der Waals surface area contributed by atoms with Crippen molar-refractivity contribution in [3.05, 3.63) is 78.4 Å². The van der Waals surface area contributed by atoms with Gasteiger partial charge >= 0.3 is 0 Å². The van der Waals surface area contributed by atoms with Crippen molar-refractivity contribution in [3.8, 4) is 11.4 Å². The molecule has 5 nitrogen and oxygen atoms in total. The number of methoxy groups -OCH3 is 1. The lowest BCUT2D eigenvalue weighted by atomic mass is 10.2. The minimum Gasteiger partial charge on any atom is -0.497 e. The zero-order valence-corrected chi connectivity index (χ0v) is 12.8. The minimum atomic E-state index is -0.193. The van der Waals surface area contributed by atoms with E-state index in [0.29, 0.717) is 12.2 Å². The summed E-state index contributed by atoms with van der Waals surface area (Å²) in [6, 6.07) is 17.3. The van der Waals surface area contributed by atoms with Crippen LogP contribution in [0.4, 0.5) is 0 Å². The van der Waals surface area contributed by atoms with E-state index < -0.39 is 0 Å². The zero-order chi connectivity index (χ0) is 16.1. The van der Waals surface area contributed by atoms with Gasteiger partial charge in [-0.05, 0) is 29.8 Å². The summed E-state index contributed by atoms with van der Waals surface area (Å²) < 4.78 is 6.94. The van der Waals surface area contributed by atoms with E-state index in [4.69, 9.17) is 4.74 Å². The Balaban J connectivity index is 1.67. The standard InChI is InChI=1S/C18H17N3O2/c1-23-16-9-7-15(8-10-16)21-12-17(20-13-21)18(22)19-11-14-5-3-2-4-6-14/h2-10,12-13H,11H2,1H3,(H,19,22). The van der Waals surface area contributed by atoms with E-state index in [1.165, 1.54) is 0 Å². The smallest absolute Gasteiger partial charge is 0.271 e. The first-order valence-corrected chi connectivity index (χ1v) is 7.27. The van der Waals surface area contributed by atoms with Crippen molar-refractivity contribution in [2.45, 2.75) is 6.54 Å². The lowest BCUT2D eigenvalue weighted by Gasteiger charge is -2.04. The topological polar surface area (TPSA) is 56.2 Å². The van der Waals surface area contributed by atoms with Crippen molar-refractivity contribution < 1.29 is 9.53 Å². The van der Waals surface area contributed by atoms with Gasteiger partial charge in [-0.3, -0.25) is 4.79 Å². The van der Waals surface area contributed by atoms with Gasteiger partial charge in [0.2, 0.25) is 0 Å². The van der Waals surface area contributed by atoms with Crippen LogP contribution in [0, 0.1) is 0 Å². The third-order valence-corrected chi connectivity index (χ3v) is 3.48. The van der Waals surface area contributed by atoms with Crippen LogP contribution in [0.2, 0.25) is 0 Å². The van der Waals surface area contributed by atoms with Crippen LogP contribution in [-0.4, -0.2) is 22.6 Å². The van der Waals surface area contributed by atoms with Crippen molar-refractivity contribution >= 4 is 5.91 Å². The number of carbonyl (C=O) groups is 1. The van der Waals surface area contributed by atoms with Gasteiger partial charge in [-0.15, -0.1) is 0 Å². The summed E-state index contributed by atoms with van der Waals surface area (Å²) in [5.74, 6) is 0.593. The van der Waals surface area contributed by atoms with E-state index >= 15 is 0 Å². The fourth-order valence-corrected chi connectivity index (χ4v) is 2.20. The molecule has 1 heterocycles. The first-order valence-electron chi connectivity index (χ1n) is 7.27. The van der Waals surface area contributed by atoms with Crippen LogP contribution >= 0.6 is 0 Å². The fourth-order valence-electron chi connectivity index (χ4n) is 2.20. The minimum absolute atomic E-state index is 0.193. The van der Waals surface area contributed by atoms with Crippen molar-refractivity contribution in [3.63, 3.8) is 0 Å². The maximum atomic E-state index is 12.2. The van der Waals surface area contributed by atoms with Crippen molar-refractivity contribution in [2.24, 2.45) is 0 Å². The molecule has 0 bridgehead atoms. The molecule has 0 aliphatic carbocycles. The van der Waals surface area contributed by atoms with Crippen LogP contribution in [0.1, 0.15) is 16.1 Å². The van der Waals surface area contributed by atoms with Gasteiger partial charge in [-0.25, -0.2) is 4.98 Å². The van der Waals surface area contributed by atoms with Gasteiger partial charge in [0.25, 0.3) is 5.91 Å². The van der Waals surface area contributed by atoms with E-state index in [2.05, 4.69) is 10.3 Å². The quantitative estimate of drug-likeness (QED) is 0.788. The summed E-state index contributed by atoms with van der Waals surface area (Å²) in [7, 11) is 1.63. The second kappa shape index (κ2) is 6.79. The molecule has 116 valence electrons. The van der Waals surface area contributed by atoms with Crippen LogP contribution in [0.15, 0.2) is 67.1 Å². The molecule has 0 spiro atoms. The Morgan fingerprint density at radius 3 is 2.57 bits per heavy atom. The normalized spacial score (nSPS) is 10.3. The number of imidazole rings is 1. The Bertz CT molecular complexity index is 780. The number of rotatable bonds is 5. The molecule has 0 unspecified atom stereocenters. The Hall–Kier alpha value is -3.08. The monoisotopic (exact) mass is 307 g/mol. The Morgan fingerprint density at radius 2 is 1.87 bits per heavy atom. The van der Waals surface area contributed by atoms with Crippen molar-refractivity contribution in [1.29, 1.82) is 0 Å². The Kier molecular flexibility index (Phi) is 4.38. The molecule has 0 aliphatic heterocycles. The number of aromatic nitrogens is 2. The van der Waals surface area contributed by atoms with E-state index in [0.717, 1.165) is 17.0 Å². The van der Waals surface area contributed by atoms with Crippen LogP contribution in [-0.2, 0) is 6.54 Å². The lowest BCUT2D eigenvalue weighted by molar-refractivity contribution is 0.0946. The highest BCUT2D eigenvalue weighted by Crippen LogP contribution is 2.15. The molecule has 1 N–H and O–H groups in total. The maximum absolute atomic E-state index is 12.2. The summed E-state index contributed by atoms with van der Waals surface area (Å²) in [5.41, 5.74) is 2.35. The number of hydrogen-bond acceptors (Lipinski definition) is 3. The van der Waals surface area contributed by atoms with E-state index in [1.54, 1.807) is 24.2 Å². The molecular weight excluding hydrogens is 290 g/mol.